The molecule has 0 amide bonds. The average molecular weight is 341 g/mol. The third kappa shape index (κ3) is 3.54. The van der Waals surface area contributed by atoms with E-state index in [2.05, 4.69) is 0 Å². The second-order valence-electron chi connectivity index (χ2n) is 5.99. The summed E-state index contributed by atoms with van der Waals surface area (Å²) in [6, 6.07) is 2.45. The Balaban J connectivity index is 2.52. The van der Waals surface area contributed by atoms with Crippen LogP contribution < -0.4 is 5.73 Å². The first-order valence-corrected chi connectivity index (χ1v) is 9.20. The van der Waals surface area contributed by atoms with Crippen LogP contribution in [0.5, 0.6) is 0 Å². The first-order chi connectivity index (χ1) is 10.8. The molecule has 1 heterocycles. The van der Waals surface area contributed by atoms with Crippen LogP contribution in [0.15, 0.2) is 17.0 Å². The van der Waals surface area contributed by atoms with Crippen LogP contribution >= 0.6 is 0 Å². The summed E-state index contributed by atoms with van der Waals surface area (Å²) in [6.07, 6.45) is 3.16. The van der Waals surface area contributed by atoms with Gasteiger partial charge in [-0.3, -0.25) is 10.1 Å². The fourth-order valence-corrected chi connectivity index (χ4v) is 5.12. The summed E-state index contributed by atoms with van der Waals surface area (Å²) in [4.78, 5) is 10.5. The fraction of sp³-hybridized carbons (Fsp3) is 0.600. The van der Waals surface area contributed by atoms with Crippen molar-refractivity contribution < 1.29 is 13.3 Å². The molecular weight excluding hydrogens is 318 g/mol. The van der Waals surface area contributed by atoms with Gasteiger partial charge in [-0.2, -0.15) is 4.31 Å². The minimum atomic E-state index is -3.77. The lowest BCUT2D eigenvalue weighted by atomic mass is 10.0. The Hall–Kier alpha value is -1.51. The zero-order valence-corrected chi connectivity index (χ0v) is 14.3. The first kappa shape index (κ1) is 17.8. The molecule has 2 rings (SSSR count). The van der Waals surface area contributed by atoms with Crippen LogP contribution in [-0.2, 0) is 10.0 Å². The van der Waals surface area contributed by atoms with E-state index < -0.39 is 14.9 Å². The SMILES string of the molecule is Cc1cc([N+](=O)[O-])cc(S(=O)(=O)N2CCCCC2CCN)c1C. The fourth-order valence-electron chi connectivity index (χ4n) is 3.08. The molecule has 1 fully saturated rings. The first-order valence-electron chi connectivity index (χ1n) is 7.76. The number of hydrogen-bond acceptors (Lipinski definition) is 5. The van der Waals surface area contributed by atoms with E-state index in [9.17, 15) is 18.5 Å². The maximum atomic E-state index is 13.1. The molecule has 2 N–H and O–H groups in total. The van der Waals surface area contributed by atoms with Gasteiger partial charge in [0.15, 0.2) is 0 Å². The highest BCUT2D eigenvalue weighted by Crippen LogP contribution is 2.31. The van der Waals surface area contributed by atoms with Crippen molar-refractivity contribution in [2.24, 2.45) is 5.73 Å². The molecule has 8 heteroatoms. The van der Waals surface area contributed by atoms with Crippen molar-refractivity contribution in [2.45, 2.75) is 50.5 Å². The van der Waals surface area contributed by atoms with E-state index in [1.807, 2.05) is 0 Å². The number of rotatable bonds is 5. The Morgan fingerprint density at radius 1 is 1.35 bits per heavy atom. The van der Waals surface area contributed by atoms with Crippen LogP contribution in [0, 0.1) is 24.0 Å². The molecule has 23 heavy (non-hydrogen) atoms. The molecule has 1 atom stereocenters. The lowest BCUT2D eigenvalue weighted by Gasteiger charge is -2.35. The van der Waals surface area contributed by atoms with Crippen molar-refractivity contribution in [3.8, 4) is 0 Å². The maximum absolute atomic E-state index is 13.1. The number of non-ortho nitro benzene ring substituents is 1. The highest BCUT2D eigenvalue weighted by molar-refractivity contribution is 7.89. The molecule has 1 saturated heterocycles. The van der Waals surface area contributed by atoms with E-state index >= 15 is 0 Å². The van der Waals surface area contributed by atoms with Gasteiger partial charge in [0.2, 0.25) is 10.0 Å². The minimum Gasteiger partial charge on any atom is -0.330 e. The number of nitrogens with two attached hydrogens (primary N) is 1. The molecule has 0 bridgehead atoms. The summed E-state index contributed by atoms with van der Waals surface area (Å²) >= 11 is 0. The normalized spacial score (nSPS) is 19.7. The standard InChI is InChI=1S/C15H23N3O4S/c1-11-9-14(18(19)20)10-15(12(11)2)23(21,22)17-8-4-3-5-13(17)6-7-16/h9-10,13H,3-8,16H2,1-2H3. The summed E-state index contributed by atoms with van der Waals surface area (Å²) in [5, 5.41) is 11.1. The zero-order valence-electron chi connectivity index (χ0n) is 13.5. The predicted octanol–water partition coefficient (Wildman–Crippen LogP) is 2.10. The van der Waals surface area contributed by atoms with Crippen molar-refractivity contribution in [1.82, 2.24) is 4.31 Å². The van der Waals surface area contributed by atoms with Gasteiger partial charge in [-0.1, -0.05) is 6.42 Å². The van der Waals surface area contributed by atoms with Gasteiger partial charge in [0, 0.05) is 24.7 Å². The lowest BCUT2D eigenvalue weighted by Crippen LogP contribution is -2.44. The topological polar surface area (TPSA) is 107 Å². The molecule has 1 aliphatic heterocycles. The van der Waals surface area contributed by atoms with Gasteiger partial charge >= 0.3 is 0 Å². The molecule has 1 aliphatic rings. The summed E-state index contributed by atoms with van der Waals surface area (Å²) in [5.74, 6) is 0. The van der Waals surface area contributed by atoms with E-state index in [0.29, 0.717) is 30.6 Å². The molecule has 0 aliphatic carbocycles. The maximum Gasteiger partial charge on any atom is 0.271 e. The van der Waals surface area contributed by atoms with E-state index in [4.69, 9.17) is 5.73 Å². The summed E-state index contributed by atoms with van der Waals surface area (Å²) in [5.41, 5.74) is 6.58. The number of benzene rings is 1. The number of aryl methyl sites for hydroxylation is 1. The highest BCUT2D eigenvalue weighted by Gasteiger charge is 2.35. The van der Waals surface area contributed by atoms with Crippen LogP contribution in [0.1, 0.15) is 36.8 Å². The quantitative estimate of drug-likeness (QED) is 0.652. The molecule has 0 spiro atoms. The molecule has 7 nitrogen and oxygen atoms in total. The average Bonchev–Trinajstić information content (AvgIpc) is 2.50. The summed E-state index contributed by atoms with van der Waals surface area (Å²) in [7, 11) is -3.77. The van der Waals surface area contributed by atoms with Crippen LogP contribution in [-0.4, -0.2) is 36.8 Å². The number of hydrogen-bond donors (Lipinski definition) is 1. The number of nitro groups is 1. The van der Waals surface area contributed by atoms with Gasteiger partial charge in [-0.25, -0.2) is 8.42 Å². The Bertz CT molecular complexity index is 701. The number of nitro benzene ring substituents is 1. The molecule has 1 aromatic carbocycles. The van der Waals surface area contributed by atoms with Crippen LogP contribution in [0.3, 0.4) is 0 Å². The summed E-state index contributed by atoms with van der Waals surface area (Å²) < 4.78 is 27.6. The van der Waals surface area contributed by atoms with E-state index in [1.165, 1.54) is 16.4 Å². The third-order valence-corrected chi connectivity index (χ3v) is 6.55. The van der Waals surface area contributed by atoms with Crippen LogP contribution in [0.4, 0.5) is 5.69 Å². The van der Waals surface area contributed by atoms with Gasteiger partial charge in [0.1, 0.15) is 0 Å². The van der Waals surface area contributed by atoms with Crippen molar-refractivity contribution in [3.63, 3.8) is 0 Å². The van der Waals surface area contributed by atoms with Gasteiger partial charge in [0.05, 0.1) is 9.82 Å². The van der Waals surface area contributed by atoms with Gasteiger partial charge in [0.25, 0.3) is 5.69 Å². The monoisotopic (exact) mass is 341 g/mol. The van der Waals surface area contributed by atoms with Crippen molar-refractivity contribution >= 4 is 15.7 Å². The van der Waals surface area contributed by atoms with Crippen LogP contribution in [0.2, 0.25) is 0 Å². The number of piperidine rings is 1. The van der Waals surface area contributed by atoms with E-state index in [0.717, 1.165) is 19.3 Å². The second kappa shape index (κ2) is 6.94. The van der Waals surface area contributed by atoms with E-state index in [1.54, 1.807) is 13.8 Å². The Labute approximate surface area is 136 Å². The number of sulfonamides is 1. The minimum absolute atomic E-state index is 0.0353. The molecule has 0 aromatic heterocycles. The highest BCUT2D eigenvalue weighted by atomic mass is 32.2. The lowest BCUT2D eigenvalue weighted by molar-refractivity contribution is -0.385. The van der Waals surface area contributed by atoms with Gasteiger partial charge < -0.3 is 5.73 Å². The zero-order chi connectivity index (χ0) is 17.2. The van der Waals surface area contributed by atoms with Crippen molar-refractivity contribution in [1.29, 1.82) is 0 Å². The van der Waals surface area contributed by atoms with Gasteiger partial charge in [-0.15, -0.1) is 0 Å². The molecule has 128 valence electrons. The largest absolute Gasteiger partial charge is 0.330 e. The van der Waals surface area contributed by atoms with E-state index in [-0.39, 0.29) is 16.6 Å². The van der Waals surface area contributed by atoms with Gasteiger partial charge in [-0.05, 0) is 50.8 Å². The van der Waals surface area contributed by atoms with Crippen molar-refractivity contribution in [3.05, 3.63) is 33.4 Å². The molecule has 0 saturated carbocycles. The summed E-state index contributed by atoms with van der Waals surface area (Å²) in [6.45, 7) is 4.24. The third-order valence-electron chi connectivity index (χ3n) is 4.47. The Morgan fingerprint density at radius 3 is 2.65 bits per heavy atom. The number of nitrogens with zero attached hydrogens (tertiary/aromatic N) is 2. The molecule has 0 radical (unpaired) electrons. The Kier molecular flexibility index (Phi) is 5.38. The van der Waals surface area contributed by atoms with Crippen LogP contribution in [0.25, 0.3) is 0 Å². The smallest absolute Gasteiger partial charge is 0.271 e. The van der Waals surface area contributed by atoms with Crippen molar-refractivity contribution in [2.75, 3.05) is 13.1 Å². The second-order valence-corrected chi connectivity index (χ2v) is 7.84. The molecule has 1 aromatic rings. The molecule has 1 unspecified atom stereocenters. The predicted molar refractivity (Wildman–Crippen MR) is 87.8 cm³/mol. The Morgan fingerprint density at radius 2 is 2.04 bits per heavy atom. The molecular formula is C15H23N3O4S.